The Morgan fingerprint density at radius 1 is 0.610 bits per heavy atom. The van der Waals surface area contributed by atoms with Crippen LogP contribution in [-0.2, 0) is 23.9 Å². The molecule has 4 aromatic carbocycles. The molecule has 2 saturated heterocycles. The summed E-state index contributed by atoms with van der Waals surface area (Å²) in [6, 6.07) is 24.3. The molecule has 0 aromatic heterocycles. The first kappa shape index (κ1) is 61.5. The lowest BCUT2D eigenvalue weighted by Gasteiger charge is -2.37. The molecule has 0 radical (unpaired) electrons. The Hall–Kier alpha value is -6.59. The van der Waals surface area contributed by atoms with Gasteiger partial charge in [0.2, 0.25) is 23.6 Å². The van der Waals surface area contributed by atoms with Crippen molar-refractivity contribution in [1.82, 2.24) is 36.0 Å². The maximum Gasteiger partial charge on any atom is 0.410 e. The molecule has 0 spiro atoms. The van der Waals surface area contributed by atoms with Crippen molar-refractivity contribution in [2.75, 3.05) is 27.2 Å². The Bertz CT molecular complexity index is 2890. The molecule has 4 aromatic rings. The Morgan fingerprint density at radius 3 is 1.62 bits per heavy atom. The third-order valence-corrected chi connectivity index (χ3v) is 18.5. The van der Waals surface area contributed by atoms with Crippen molar-refractivity contribution < 1.29 is 43.4 Å². The van der Waals surface area contributed by atoms with Crippen molar-refractivity contribution in [3.63, 3.8) is 0 Å². The van der Waals surface area contributed by atoms with E-state index in [0.717, 1.165) is 111 Å². The van der Waals surface area contributed by atoms with Crippen LogP contribution in [-0.4, -0.2) is 143 Å². The highest BCUT2D eigenvalue weighted by atomic mass is 16.6. The first-order valence-corrected chi connectivity index (χ1v) is 30.4. The minimum Gasteiger partial charge on any atom is -0.478 e. The van der Waals surface area contributed by atoms with E-state index in [1.807, 2.05) is 89.5 Å². The number of carbonyl (C=O) groups excluding carboxylic acids is 6. The van der Waals surface area contributed by atoms with Crippen molar-refractivity contribution in [2.45, 2.75) is 191 Å². The maximum absolute atomic E-state index is 14.1. The molecule has 4 aliphatic carbocycles. The SMILES string of the molecule is CN[C@@H](C)C(=O)N[C@H](C(=O)N1CCC2CCC(NC(=O)c3cccc4ccccc34)C21)C1CCCCC1.C[C@@H](C(=O)N[C@H](C(=O)N1CCC2CCC(N)C21)C1CCCCC1)N(C)C(=O)OC(C)(C)C.O=C(O)c1cccc2ccccc12. The van der Waals surface area contributed by atoms with Crippen molar-refractivity contribution in [3.8, 4) is 0 Å². The Balaban J connectivity index is 0.000000177. The second kappa shape index (κ2) is 27.7. The lowest BCUT2D eigenvalue weighted by Crippen LogP contribution is -2.59. The molecule has 6 amide bonds. The minimum atomic E-state index is -0.878. The highest BCUT2D eigenvalue weighted by Gasteiger charge is 2.50. The molecular formula is C65H90N8O9. The number of amides is 6. The van der Waals surface area contributed by atoms with Gasteiger partial charge in [0.25, 0.3) is 5.91 Å². The zero-order valence-electron chi connectivity index (χ0n) is 49.4. The number of likely N-dealkylation sites (N-methyl/N-ethyl adjacent to an activating group) is 2. The molecule has 10 atom stereocenters. The quantitative estimate of drug-likeness (QED) is 0.0740. The fourth-order valence-electron chi connectivity index (χ4n) is 13.8. The molecule has 2 heterocycles. The molecule has 10 rings (SSSR count). The third-order valence-electron chi connectivity index (χ3n) is 18.5. The van der Waals surface area contributed by atoms with Crippen molar-refractivity contribution in [3.05, 3.63) is 96.1 Å². The smallest absolute Gasteiger partial charge is 0.410 e. The molecule has 2 aliphatic heterocycles. The number of benzene rings is 4. The first-order valence-electron chi connectivity index (χ1n) is 30.4. The molecule has 0 bridgehead atoms. The average Bonchev–Trinajstić information content (AvgIpc) is 4.33. The van der Waals surface area contributed by atoms with Crippen molar-refractivity contribution >= 4 is 63.1 Å². The second-order valence-electron chi connectivity index (χ2n) is 24.9. The summed E-state index contributed by atoms with van der Waals surface area (Å²) in [7, 11) is 3.31. The maximum atomic E-state index is 14.1. The molecule has 6 fully saturated rings. The summed E-state index contributed by atoms with van der Waals surface area (Å²) in [5, 5.41) is 25.1. The summed E-state index contributed by atoms with van der Waals surface area (Å²) in [6.07, 6.45) is 15.8. The molecule has 444 valence electrons. The van der Waals surface area contributed by atoms with Gasteiger partial charge in [0.15, 0.2) is 0 Å². The van der Waals surface area contributed by atoms with Crippen LogP contribution in [0.4, 0.5) is 4.79 Å². The average molecular weight is 1130 g/mol. The first-order chi connectivity index (χ1) is 39.3. The summed E-state index contributed by atoms with van der Waals surface area (Å²) in [5.41, 5.74) is 6.75. The van der Waals surface area contributed by atoms with Crippen LogP contribution in [0.25, 0.3) is 21.5 Å². The minimum absolute atomic E-state index is 0.00206. The molecule has 17 nitrogen and oxygen atoms in total. The van der Waals surface area contributed by atoms with E-state index >= 15 is 0 Å². The standard InChI is InChI=1S/C30H40N4O3.C24H42N4O4.C11H8O2/c1-19(31-2)28(35)33-26(21-10-4-3-5-11-21)30(37)34-18-17-22-15-16-25(27(22)34)32-29(36)24-14-8-12-20-9-6-7-13-23(20)24;1-15(27(5)23(31)32-24(2,3)4)21(29)26-19(16-9-7-6-8-10-16)22(30)28-14-13-17-11-12-18(25)20(17)28;12-11(13)10-7-3-5-8-4-1-2-6-9(8)10/h6-9,12-14,19,21-22,25-27,31H,3-5,10-11,15-18H2,1-2H3,(H,32,36)(H,33,35);15-20H,6-14,25H2,1-5H3,(H,26,29);1-7H,(H,12,13)/t19-,22?,25?,26-,27?;15-,17?,18?,19-,20?;/m00./s1. The van der Waals surface area contributed by atoms with E-state index in [0.29, 0.717) is 36.1 Å². The van der Waals surface area contributed by atoms with Gasteiger partial charge >= 0.3 is 12.1 Å². The number of rotatable bonds is 13. The monoisotopic (exact) mass is 1130 g/mol. The Morgan fingerprint density at radius 2 is 1.09 bits per heavy atom. The molecular weight excluding hydrogens is 1040 g/mol. The van der Waals surface area contributed by atoms with Gasteiger partial charge in [0, 0.05) is 43.8 Å². The van der Waals surface area contributed by atoms with Gasteiger partial charge in [-0.1, -0.05) is 111 Å². The zero-order chi connectivity index (χ0) is 58.8. The molecule has 7 N–H and O–H groups in total. The largest absolute Gasteiger partial charge is 0.478 e. The summed E-state index contributed by atoms with van der Waals surface area (Å²) in [4.78, 5) is 95.7. The van der Waals surface area contributed by atoms with Gasteiger partial charge in [-0.25, -0.2) is 9.59 Å². The van der Waals surface area contributed by atoms with Gasteiger partial charge in [-0.3, -0.25) is 28.9 Å². The van der Waals surface area contributed by atoms with Gasteiger partial charge < -0.3 is 46.6 Å². The number of hydrogen-bond donors (Lipinski definition) is 6. The van der Waals surface area contributed by atoms with E-state index in [9.17, 15) is 33.6 Å². The van der Waals surface area contributed by atoms with Crippen LogP contribution in [0.15, 0.2) is 84.9 Å². The number of hydrogen-bond acceptors (Lipinski definition) is 10. The fourth-order valence-corrected chi connectivity index (χ4v) is 13.8. The molecule has 6 aliphatic rings. The number of carboxylic acids is 1. The lowest BCUT2D eigenvalue weighted by molar-refractivity contribution is -0.140. The highest BCUT2D eigenvalue weighted by Crippen LogP contribution is 2.41. The summed E-state index contributed by atoms with van der Waals surface area (Å²) in [6.45, 7) is 10.3. The number of aromatic carboxylic acids is 1. The van der Waals surface area contributed by atoms with Gasteiger partial charge in [-0.05, 0) is 163 Å². The molecule has 17 heteroatoms. The number of nitrogens with two attached hydrogens (primary N) is 1. The fraction of sp³-hybridized carbons (Fsp3) is 0.585. The van der Waals surface area contributed by atoms with E-state index in [1.54, 1.807) is 53.9 Å². The number of fused-ring (bicyclic) bond motifs is 4. The van der Waals surface area contributed by atoms with E-state index in [2.05, 4.69) is 21.3 Å². The summed E-state index contributed by atoms with van der Waals surface area (Å²) < 4.78 is 5.40. The van der Waals surface area contributed by atoms with E-state index in [1.165, 1.54) is 17.7 Å². The third kappa shape index (κ3) is 14.6. The van der Waals surface area contributed by atoms with Gasteiger partial charge in [-0.15, -0.1) is 0 Å². The zero-order valence-corrected chi connectivity index (χ0v) is 49.4. The van der Waals surface area contributed by atoms with Gasteiger partial charge in [-0.2, -0.15) is 0 Å². The number of ether oxygens (including phenoxy) is 1. The molecule has 6 unspecified atom stereocenters. The second-order valence-corrected chi connectivity index (χ2v) is 24.9. The predicted octanol–water partition coefficient (Wildman–Crippen LogP) is 8.81. The van der Waals surface area contributed by atoms with Crippen LogP contribution in [0, 0.1) is 23.7 Å². The Kier molecular flexibility index (Phi) is 20.7. The number of carboxylic acid groups (broad SMARTS) is 1. The van der Waals surface area contributed by atoms with Crippen molar-refractivity contribution in [1.29, 1.82) is 0 Å². The number of likely N-dealkylation sites (tertiary alicyclic amines) is 2. The summed E-state index contributed by atoms with van der Waals surface area (Å²) in [5.74, 6) is -0.227. The van der Waals surface area contributed by atoms with Crippen LogP contribution < -0.4 is 27.0 Å². The van der Waals surface area contributed by atoms with Crippen LogP contribution in [0.3, 0.4) is 0 Å². The van der Waals surface area contributed by atoms with Crippen LogP contribution in [0.2, 0.25) is 0 Å². The van der Waals surface area contributed by atoms with Crippen molar-refractivity contribution in [2.24, 2.45) is 29.4 Å². The molecule has 82 heavy (non-hydrogen) atoms. The van der Waals surface area contributed by atoms with Crippen LogP contribution in [0.1, 0.15) is 158 Å². The number of carbonyl (C=O) groups is 7. The van der Waals surface area contributed by atoms with Gasteiger partial charge in [0.1, 0.15) is 23.7 Å². The highest BCUT2D eigenvalue weighted by molar-refractivity contribution is 6.07. The predicted molar refractivity (Wildman–Crippen MR) is 319 cm³/mol. The molecule has 4 saturated carbocycles. The number of nitrogens with one attached hydrogen (secondary N) is 4. The van der Waals surface area contributed by atoms with E-state index < -0.39 is 35.8 Å². The van der Waals surface area contributed by atoms with Gasteiger partial charge in [0.05, 0.1) is 17.6 Å². The van der Waals surface area contributed by atoms with E-state index in [4.69, 9.17) is 15.6 Å². The number of nitrogens with zero attached hydrogens (tertiary/aromatic N) is 3. The lowest BCUT2D eigenvalue weighted by atomic mass is 9.83. The van der Waals surface area contributed by atoms with Crippen LogP contribution in [0.5, 0.6) is 0 Å². The Labute approximate surface area is 484 Å². The normalized spacial score (nSPS) is 24.0. The summed E-state index contributed by atoms with van der Waals surface area (Å²) >= 11 is 0. The van der Waals surface area contributed by atoms with Crippen LogP contribution >= 0.6 is 0 Å². The topological polar surface area (TPSA) is 233 Å². The van der Waals surface area contributed by atoms with E-state index in [-0.39, 0.29) is 71.6 Å².